The third kappa shape index (κ3) is 6.06. The van der Waals surface area contributed by atoms with E-state index in [1.54, 1.807) is 0 Å². The molecule has 3 rings (SSSR count). The van der Waals surface area contributed by atoms with Crippen LogP contribution >= 0.6 is 11.3 Å². The van der Waals surface area contributed by atoms with Crippen molar-refractivity contribution in [2.75, 3.05) is 46.4 Å². The molecule has 1 fully saturated rings. The number of rotatable bonds is 7. The monoisotopic (exact) mass is 386 g/mol. The highest BCUT2D eigenvalue weighted by Crippen LogP contribution is 2.25. The average Bonchev–Trinajstić information content (AvgIpc) is 3.23. The van der Waals surface area contributed by atoms with Crippen molar-refractivity contribution < 1.29 is 4.74 Å². The van der Waals surface area contributed by atoms with Crippen molar-refractivity contribution in [2.24, 2.45) is 4.99 Å². The summed E-state index contributed by atoms with van der Waals surface area (Å²) in [6.07, 6.45) is 0.985. The van der Waals surface area contributed by atoms with Crippen molar-refractivity contribution in [1.29, 1.82) is 0 Å². The van der Waals surface area contributed by atoms with E-state index >= 15 is 0 Å². The summed E-state index contributed by atoms with van der Waals surface area (Å²) in [4.78, 5) is 8.28. The van der Waals surface area contributed by atoms with E-state index in [0.29, 0.717) is 6.04 Å². The molecule has 0 saturated carbocycles. The lowest BCUT2D eigenvalue weighted by Crippen LogP contribution is -2.46. The van der Waals surface area contributed by atoms with Gasteiger partial charge in [-0.1, -0.05) is 35.9 Å². The molecule has 0 bridgehead atoms. The molecule has 0 aliphatic carbocycles. The van der Waals surface area contributed by atoms with Gasteiger partial charge < -0.3 is 15.4 Å². The summed E-state index contributed by atoms with van der Waals surface area (Å²) in [6, 6.07) is 13.4. The Kier molecular flexibility index (Phi) is 7.68. The predicted octanol–water partition coefficient (Wildman–Crippen LogP) is 2.84. The normalized spacial score (nSPS) is 16.9. The molecule has 1 aliphatic rings. The van der Waals surface area contributed by atoms with Gasteiger partial charge in [-0.25, -0.2) is 0 Å². The summed E-state index contributed by atoms with van der Waals surface area (Å²) >= 11 is 1.82. The molecule has 0 amide bonds. The summed E-state index contributed by atoms with van der Waals surface area (Å²) in [5, 5.41) is 9.10. The number of hydrogen-bond acceptors (Lipinski definition) is 4. The van der Waals surface area contributed by atoms with Gasteiger partial charge in [-0.2, -0.15) is 0 Å². The SMILES string of the molecule is CN=C(NCCc1ccc(C)cc1)NCC(c1cccs1)N1CCOCC1. The number of nitrogens with zero attached hydrogens (tertiary/aromatic N) is 2. The van der Waals surface area contributed by atoms with Gasteiger partial charge in [-0.05, 0) is 30.4 Å². The van der Waals surface area contributed by atoms with E-state index in [-0.39, 0.29) is 0 Å². The molecule has 0 radical (unpaired) electrons. The second kappa shape index (κ2) is 10.4. The van der Waals surface area contributed by atoms with Crippen LogP contribution in [0.3, 0.4) is 0 Å². The van der Waals surface area contributed by atoms with Crippen LogP contribution in [0.2, 0.25) is 0 Å². The van der Waals surface area contributed by atoms with Crippen molar-refractivity contribution in [3.05, 3.63) is 57.8 Å². The van der Waals surface area contributed by atoms with Crippen LogP contribution in [0.5, 0.6) is 0 Å². The maximum atomic E-state index is 5.52. The van der Waals surface area contributed by atoms with Crippen molar-refractivity contribution in [3.63, 3.8) is 0 Å². The molecule has 5 nitrogen and oxygen atoms in total. The average molecular weight is 387 g/mol. The highest BCUT2D eigenvalue weighted by molar-refractivity contribution is 7.10. The quantitative estimate of drug-likeness (QED) is 0.568. The molecule has 1 atom stereocenters. The van der Waals surface area contributed by atoms with E-state index < -0.39 is 0 Å². The lowest BCUT2D eigenvalue weighted by molar-refractivity contribution is 0.0177. The van der Waals surface area contributed by atoms with Gasteiger partial charge in [0.2, 0.25) is 0 Å². The summed E-state index contributed by atoms with van der Waals surface area (Å²) in [5.74, 6) is 0.858. The highest BCUT2D eigenvalue weighted by atomic mass is 32.1. The predicted molar refractivity (Wildman–Crippen MR) is 114 cm³/mol. The van der Waals surface area contributed by atoms with Crippen LogP contribution in [0.1, 0.15) is 22.0 Å². The van der Waals surface area contributed by atoms with Crippen molar-refractivity contribution in [3.8, 4) is 0 Å². The number of hydrogen-bond donors (Lipinski definition) is 2. The van der Waals surface area contributed by atoms with Crippen LogP contribution in [0.15, 0.2) is 46.8 Å². The minimum atomic E-state index is 0.351. The van der Waals surface area contributed by atoms with Gasteiger partial charge in [0.25, 0.3) is 0 Å². The molecule has 2 aromatic rings. The molecule has 6 heteroatoms. The molecule has 27 heavy (non-hydrogen) atoms. The molecule has 1 aliphatic heterocycles. The first kappa shape index (κ1) is 19.9. The fourth-order valence-electron chi connectivity index (χ4n) is 3.27. The van der Waals surface area contributed by atoms with Crippen LogP contribution in [0.4, 0.5) is 0 Å². The number of aryl methyl sites for hydroxylation is 1. The maximum absolute atomic E-state index is 5.52. The standard InChI is InChI=1S/C21H30N4OS/c1-17-5-7-18(8-6-17)9-10-23-21(22-2)24-16-19(20-4-3-15-27-20)25-11-13-26-14-12-25/h3-8,15,19H,9-14,16H2,1-2H3,(H2,22,23,24). The Hall–Kier alpha value is -1.89. The van der Waals surface area contributed by atoms with E-state index in [2.05, 4.69) is 69.2 Å². The van der Waals surface area contributed by atoms with Crippen molar-refractivity contribution in [1.82, 2.24) is 15.5 Å². The largest absolute Gasteiger partial charge is 0.379 e. The van der Waals surface area contributed by atoms with Crippen molar-refractivity contribution in [2.45, 2.75) is 19.4 Å². The molecule has 1 aromatic carbocycles. The fraction of sp³-hybridized carbons (Fsp3) is 0.476. The lowest BCUT2D eigenvalue weighted by atomic mass is 10.1. The van der Waals surface area contributed by atoms with Gasteiger partial charge in [-0.15, -0.1) is 11.3 Å². The number of morpholine rings is 1. The zero-order chi connectivity index (χ0) is 18.9. The van der Waals surface area contributed by atoms with E-state index in [1.807, 2.05) is 18.4 Å². The zero-order valence-corrected chi connectivity index (χ0v) is 17.1. The van der Waals surface area contributed by atoms with Gasteiger partial charge in [-0.3, -0.25) is 9.89 Å². The Morgan fingerprint density at radius 1 is 1.19 bits per heavy atom. The number of guanidine groups is 1. The molecule has 0 spiro atoms. The first-order valence-corrected chi connectivity index (χ1v) is 10.5. The Morgan fingerprint density at radius 2 is 1.96 bits per heavy atom. The van der Waals surface area contributed by atoms with E-state index in [0.717, 1.165) is 51.8 Å². The Morgan fingerprint density at radius 3 is 2.63 bits per heavy atom. The molecule has 1 aromatic heterocycles. The molecule has 1 unspecified atom stereocenters. The summed E-state index contributed by atoms with van der Waals surface area (Å²) < 4.78 is 5.52. The second-order valence-electron chi connectivity index (χ2n) is 6.80. The van der Waals surface area contributed by atoms with Crippen LogP contribution in [-0.2, 0) is 11.2 Å². The molecular weight excluding hydrogens is 356 g/mol. The topological polar surface area (TPSA) is 48.9 Å². The van der Waals surface area contributed by atoms with E-state index in [1.165, 1.54) is 16.0 Å². The van der Waals surface area contributed by atoms with Gasteiger partial charge in [0, 0.05) is 38.1 Å². The minimum Gasteiger partial charge on any atom is -0.379 e. The Balaban J connectivity index is 1.50. The molecule has 146 valence electrons. The summed E-state index contributed by atoms with van der Waals surface area (Å²) in [5.41, 5.74) is 2.64. The van der Waals surface area contributed by atoms with Crippen LogP contribution in [-0.4, -0.2) is 57.3 Å². The highest BCUT2D eigenvalue weighted by Gasteiger charge is 2.23. The number of aliphatic imine (C=N–C) groups is 1. The van der Waals surface area contributed by atoms with Crippen LogP contribution in [0.25, 0.3) is 0 Å². The van der Waals surface area contributed by atoms with Crippen molar-refractivity contribution >= 4 is 17.3 Å². The van der Waals surface area contributed by atoms with Gasteiger partial charge in [0.1, 0.15) is 0 Å². The maximum Gasteiger partial charge on any atom is 0.191 e. The fourth-order valence-corrected chi connectivity index (χ4v) is 4.13. The molecular formula is C21H30N4OS. The second-order valence-corrected chi connectivity index (χ2v) is 7.77. The minimum absolute atomic E-state index is 0.351. The molecule has 1 saturated heterocycles. The summed E-state index contributed by atoms with van der Waals surface area (Å²) in [6.45, 7) is 7.39. The molecule has 2 N–H and O–H groups in total. The third-order valence-electron chi connectivity index (χ3n) is 4.87. The van der Waals surface area contributed by atoms with Gasteiger partial charge >= 0.3 is 0 Å². The Bertz CT molecular complexity index is 693. The van der Waals surface area contributed by atoms with E-state index in [9.17, 15) is 0 Å². The van der Waals surface area contributed by atoms with Crippen LogP contribution in [0, 0.1) is 6.92 Å². The van der Waals surface area contributed by atoms with E-state index in [4.69, 9.17) is 4.74 Å². The number of ether oxygens (including phenoxy) is 1. The molecule has 2 heterocycles. The lowest BCUT2D eigenvalue weighted by Gasteiger charge is -2.34. The Labute approximate surface area is 166 Å². The number of benzene rings is 1. The summed E-state index contributed by atoms with van der Waals surface area (Å²) in [7, 11) is 1.83. The van der Waals surface area contributed by atoms with Gasteiger partial charge in [0.05, 0.1) is 19.3 Å². The third-order valence-corrected chi connectivity index (χ3v) is 5.84. The van der Waals surface area contributed by atoms with Gasteiger partial charge in [0.15, 0.2) is 5.96 Å². The first-order valence-electron chi connectivity index (χ1n) is 9.61. The number of nitrogens with one attached hydrogen (secondary N) is 2. The smallest absolute Gasteiger partial charge is 0.191 e. The first-order chi connectivity index (χ1) is 13.3. The van der Waals surface area contributed by atoms with Crippen LogP contribution < -0.4 is 10.6 Å². The zero-order valence-electron chi connectivity index (χ0n) is 16.3. The number of thiophene rings is 1.